The maximum Gasteiger partial charge on any atom is 0.347 e. The van der Waals surface area contributed by atoms with Crippen molar-refractivity contribution >= 4 is 23.3 Å². The zero-order valence-corrected chi connectivity index (χ0v) is 13.5. The number of carboxylic acid groups (broad SMARTS) is 1. The number of nitrogens with one attached hydrogen (secondary N) is 1. The van der Waals surface area contributed by atoms with E-state index in [1.165, 1.54) is 4.90 Å². The summed E-state index contributed by atoms with van der Waals surface area (Å²) < 4.78 is 5.37. The van der Waals surface area contributed by atoms with Crippen molar-refractivity contribution in [2.45, 2.75) is 33.4 Å². The topological polar surface area (TPSA) is 91.8 Å². The zero-order chi connectivity index (χ0) is 16.0. The minimum atomic E-state index is -0.995. The Hall–Kier alpha value is -1.67. The summed E-state index contributed by atoms with van der Waals surface area (Å²) in [5, 5.41) is 12.2. The Kier molecular flexibility index (Phi) is 6.57. The molecule has 0 radical (unpaired) electrons. The summed E-state index contributed by atoms with van der Waals surface area (Å²) in [5.74, 6) is -0.995. The normalized spacial score (nSPS) is 10.7. The van der Waals surface area contributed by atoms with Crippen LogP contribution in [0.25, 0.3) is 0 Å². The van der Waals surface area contributed by atoms with Crippen LogP contribution in [0.1, 0.15) is 34.2 Å². The number of aromatic nitrogens is 1. The van der Waals surface area contributed by atoms with Crippen molar-refractivity contribution in [1.82, 2.24) is 15.2 Å². The largest absolute Gasteiger partial charge is 0.477 e. The second-order valence-corrected chi connectivity index (χ2v) is 5.91. The minimum Gasteiger partial charge on any atom is -0.477 e. The smallest absolute Gasteiger partial charge is 0.347 e. The number of thiazole rings is 1. The molecule has 1 heterocycles. The van der Waals surface area contributed by atoms with Crippen LogP contribution < -0.4 is 5.32 Å². The fraction of sp³-hybridized carbons (Fsp3) is 0.615. The van der Waals surface area contributed by atoms with E-state index in [4.69, 9.17) is 9.84 Å². The number of rotatable bonds is 7. The van der Waals surface area contributed by atoms with Gasteiger partial charge in [-0.3, -0.25) is 0 Å². The lowest BCUT2D eigenvalue weighted by Gasteiger charge is -2.18. The lowest BCUT2D eigenvalue weighted by atomic mass is 10.4. The number of carbonyl (C=O) groups excluding carboxylic acids is 1. The number of amides is 2. The van der Waals surface area contributed by atoms with Gasteiger partial charge < -0.3 is 20.1 Å². The Balaban J connectivity index is 2.42. The summed E-state index contributed by atoms with van der Waals surface area (Å²) >= 11 is 1.07. The molecule has 1 aromatic rings. The number of hydrogen-bond donors (Lipinski definition) is 2. The lowest BCUT2D eigenvalue weighted by Crippen LogP contribution is -2.38. The number of aryl methyl sites for hydroxylation is 1. The van der Waals surface area contributed by atoms with E-state index in [9.17, 15) is 9.59 Å². The molecule has 0 unspecified atom stereocenters. The quantitative estimate of drug-likeness (QED) is 0.799. The molecule has 2 N–H and O–H groups in total. The predicted molar refractivity (Wildman–Crippen MR) is 79.8 cm³/mol. The van der Waals surface area contributed by atoms with Crippen molar-refractivity contribution in [2.75, 3.05) is 20.2 Å². The van der Waals surface area contributed by atoms with Gasteiger partial charge in [0.05, 0.1) is 24.9 Å². The third kappa shape index (κ3) is 5.68. The van der Waals surface area contributed by atoms with Crippen LogP contribution in [0.15, 0.2) is 0 Å². The molecule has 0 aromatic carbocycles. The minimum absolute atomic E-state index is 0.134. The van der Waals surface area contributed by atoms with Gasteiger partial charge in [0.15, 0.2) is 0 Å². The highest BCUT2D eigenvalue weighted by Gasteiger charge is 2.15. The van der Waals surface area contributed by atoms with Gasteiger partial charge in [0, 0.05) is 13.6 Å². The van der Waals surface area contributed by atoms with E-state index in [1.807, 2.05) is 13.8 Å². The lowest BCUT2D eigenvalue weighted by molar-refractivity contribution is 0.0680. The first-order valence-electron chi connectivity index (χ1n) is 6.61. The van der Waals surface area contributed by atoms with E-state index in [0.717, 1.165) is 11.3 Å². The summed E-state index contributed by atoms with van der Waals surface area (Å²) in [5.41, 5.74) is 0.468. The van der Waals surface area contributed by atoms with E-state index in [0.29, 0.717) is 23.9 Å². The van der Waals surface area contributed by atoms with Gasteiger partial charge in [0.2, 0.25) is 0 Å². The molecule has 8 heteroatoms. The Bertz CT molecular complexity index is 502. The van der Waals surface area contributed by atoms with Gasteiger partial charge in [-0.25, -0.2) is 14.6 Å². The van der Waals surface area contributed by atoms with Crippen LogP contribution in [0.5, 0.6) is 0 Å². The molecule has 0 bridgehead atoms. The third-order valence-corrected chi connectivity index (χ3v) is 3.80. The summed E-state index contributed by atoms with van der Waals surface area (Å²) in [6.45, 7) is 6.69. The maximum atomic E-state index is 11.8. The summed E-state index contributed by atoms with van der Waals surface area (Å²) in [7, 11) is 1.68. The molecule has 7 nitrogen and oxygen atoms in total. The van der Waals surface area contributed by atoms with E-state index in [2.05, 4.69) is 10.3 Å². The molecule has 0 saturated heterocycles. The van der Waals surface area contributed by atoms with Crippen LogP contribution in [-0.4, -0.2) is 53.3 Å². The van der Waals surface area contributed by atoms with Crippen LogP contribution in [0.2, 0.25) is 0 Å². The average Bonchev–Trinajstić information content (AvgIpc) is 2.76. The van der Waals surface area contributed by atoms with Gasteiger partial charge in [-0.05, 0) is 20.8 Å². The van der Waals surface area contributed by atoms with Crippen LogP contribution >= 0.6 is 11.3 Å². The molecule has 1 rings (SSSR count). The van der Waals surface area contributed by atoms with Gasteiger partial charge in [0.25, 0.3) is 0 Å². The van der Waals surface area contributed by atoms with Gasteiger partial charge in [-0.2, -0.15) is 0 Å². The van der Waals surface area contributed by atoms with Gasteiger partial charge in [0.1, 0.15) is 9.88 Å². The first-order valence-corrected chi connectivity index (χ1v) is 7.43. The molecule has 2 amide bonds. The van der Waals surface area contributed by atoms with Crippen molar-refractivity contribution in [3.8, 4) is 0 Å². The first kappa shape index (κ1) is 17.4. The van der Waals surface area contributed by atoms with Crippen molar-refractivity contribution in [3.05, 3.63) is 15.6 Å². The molecule has 0 aliphatic carbocycles. The Labute approximate surface area is 127 Å². The number of ether oxygens (including phenoxy) is 1. The van der Waals surface area contributed by atoms with Crippen LogP contribution in [0, 0.1) is 6.92 Å². The van der Waals surface area contributed by atoms with E-state index in [1.54, 1.807) is 14.0 Å². The van der Waals surface area contributed by atoms with Gasteiger partial charge >= 0.3 is 12.0 Å². The van der Waals surface area contributed by atoms with Crippen molar-refractivity contribution in [3.63, 3.8) is 0 Å². The number of hydrogen-bond acceptors (Lipinski definition) is 5. The maximum absolute atomic E-state index is 11.8. The number of carboxylic acids is 1. The van der Waals surface area contributed by atoms with E-state index in [-0.39, 0.29) is 23.6 Å². The monoisotopic (exact) mass is 315 g/mol. The molecule has 0 fully saturated rings. The first-order chi connectivity index (χ1) is 9.81. The number of aromatic carboxylic acids is 1. The molecule has 0 atom stereocenters. The fourth-order valence-electron chi connectivity index (χ4n) is 1.54. The van der Waals surface area contributed by atoms with Crippen LogP contribution in [-0.2, 0) is 11.3 Å². The van der Waals surface area contributed by atoms with Crippen molar-refractivity contribution in [2.24, 2.45) is 0 Å². The number of carbonyl (C=O) groups is 2. The highest BCUT2D eigenvalue weighted by molar-refractivity contribution is 7.13. The van der Waals surface area contributed by atoms with Gasteiger partial charge in [-0.1, -0.05) is 0 Å². The molecule has 0 aliphatic rings. The molecule has 118 valence electrons. The van der Waals surface area contributed by atoms with Crippen molar-refractivity contribution < 1.29 is 19.4 Å². The fourth-order valence-corrected chi connectivity index (χ4v) is 2.38. The molecule has 21 heavy (non-hydrogen) atoms. The van der Waals surface area contributed by atoms with Gasteiger partial charge in [-0.15, -0.1) is 11.3 Å². The summed E-state index contributed by atoms with van der Waals surface area (Å²) in [6, 6.07) is -0.243. The Morgan fingerprint density at radius 3 is 2.67 bits per heavy atom. The number of likely N-dealkylation sites (N-methyl/N-ethyl adjacent to an activating group) is 1. The third-order valence-electron chi connectivity index (χ3n) is 2.65. The molecule has 0 spiro atoms. The molecule has 0 aliphatic heterocycles. The van der Waals surface area contributed by atoms with E-state index < -0.39 is 5.97 Å². The number of urea groups is 1. The molecular weight excluding hydrogens is 294 g/mol. The second-order valence-electron chi connectivity index (χ2n) is 4.83. The Morgan fingerprint density at radius 1 is 1.48 bits per heavy atom. The second kappa shape index (κ2) is 7.94. The molecular formula is C13H21N3O4S. The van der Waals surface area contributed by atoms with Crippen molar-refractivity contribution in [1.29, 1.82) is 0 Å². The number of nitrogens with zero attached hydrogens (tertiary/aromatic N) is 2. The predicted octanol–water partition coefficient (Wildman–Crippen LogP) is 1.72. The van der Waals surface area contributed by atoms with Crippen LogP contribution in [0.4, 0.5) is 4.79 Å². The molecule has 1 aromatic heterocycles. The average molecular weight is 315 g/mol. The highest BCUT2D eigenvalue weighted by atomic mass is 32.1. The summed E-state index contributed by atoms with van der Waals surface area (Å²) in [4.78, 5) is 28.6. The molecule has 0 saturated carbocycles. The van der Waals surface area contributed by atoms with Crippen LogP contribution in [0.3, 0.4) is 0 Å². The standard InChI is InChI=1S/C13H21N3O4S/c1-8(2)20-6-5-16(4)13(19)14-7-10-15-9(3)11(21-10)12(17)18/h8H,5-7H2,1-4H3,(H,14,19)(H,17,18). The van der Waals surface area contributed by atoms with E-state index >= 15 is 0 Å². The zero-order valence-electron chi connectivity index (χ0n) is 12.7. The summed E-state index contributed by atoms with van der Waals surface area (Å²) in [6.07, 6.45) is 0.134. The highest BCUT2D eigenvalue weighted by Crippen LogP contribution is 2.17. The SMILES string of the molecule is Cc1nc(CNC(=O)N(C)CCOC(C)C)sc1C(=O)O. The Morgan fingerprint density at radius 2 is 2.14 bits per heavy atom.